The van der Waals surface area contributed by atoms with Crippen molar-refractivity contribution in [2.75, 3.05) is 17.6 Å². The van der Waals surface area contributed by atoms with E-state index in [1.165, 1.54) is 0 Å². The maximum absolute atomic E-state index is 5.84. The lowest BCUT2D eigenvalue weighted by Crippen LogP contribution is -2.35. The molecule has 1 aromatic carbocycles. The highest BCUT2D eigenvalue weighted by atomic mass is 16.5. The molecule has 0 fully saturated rings. The molecule has 0 aliphatic carbocycles. The number of benzene rings is 1. The Labute approximate surface area is 123 Å². The summed E-state index contributed by atoms with van der Waals surface area (Å²) >= 11 is 0. The van der Waals surface area contributed by atoms with E-state index in [1.54, 1.807) is 6.20 Å². The van der Waals surface area contributed by atoms with Gasteiger partial charge in [0.1, 0.15) is 11.6 Å². The van der Waals surface area contributed by atoms with Gasteiger partial charge in [0.2, 0.25) is 0 Å². The van der Waals surface area contributed by atoms with E-state index >= 15 is 0 Å². The number of aromatic nitrogens is 2. The van der Waals surface area contributed by atoms with Crippen molar-refractivity contribution in [3.05, 3.63) is 36.9 Å². The predicted molar refractivity (Wildman–Crippen MR) is 83.7 cm³/mol. The monoisotopic (exact) mass is 285 g/mol. The van der Waals surface area contributed by atoms with Crippen molar-refractivity contribution in [1.29, 1.82) is 0 Å². The zero-order chi connectivity index (χ0) is 14.7. The number of hydrogen-bond acceptors (Lipinski definition) is 4. The maximum Gasteiger partial charge on any atom is 0.153 e. The van der Waals surface area contributed by atoms with Gasteiger partial charge in [0, 0.05) is 31.2 Å². The van der Waals surface area contributed by atoms with Gasteiger partial charge in [-0.3, -0.25) is 4.99 Å². The first-order chi connectivity index (χ1) is 10.2. The fourth-order valence-electron chi connectivity index (χ4n) is 2.27. The molecule has 0 bridgehead atoms. The van der Waals surface area contributed by atoms with Crippen molar-refractivity contribution in [2.45, 2.75) is 26.0 Å². The third-order valence-corrected chi connectivity index (χ3v) is 3.37. The molecular weight excluding hydrogens is 266 g/mol. The van der Waals surface area contributed by atoms with Gasteiger partial charge in [0.15, 0.2) is 6.10 Å². The summed E-state index contributed by atoms with van der Waals surface area (Å²) in [6.45, 7) is 3.64. The molecule has 0 saturated carbocycles. The Balaban J connectivity index is 1.61. The fraction of sp³-hybridized carbons (Fsp3) is 0.333. The number of rotatable bonds is 4. The highest BCUT2D eigenvalue weighted by molar-refractivity contribution is 6.02. The third kappa shape index (κ3) is 3.16. The second-order valence-electron chi connectivity index (χ2n) is 5.06. The summed E-state index contributed by atoms with van der Waals surface area (Å²) in [6.07, 6.45) is 6.44. The Hall–Kier alpha value is -2.50. The Morgan fingerprint density at radius 3 is 3.19 bits per heavy atom. The number of aliphatic imine (C=N–C) groups is 1. The number of nitrogens with zero attached hydrogens (tertiary/aromatic N) is 3. The van der Waals surface area contributed by atoms with Crippen LogP contribution < -0.4 is 15.8 Å². The summed E-state index contributed by atoms with van der Waals surface area (Å²) in [5.74, 6) is 1.66. The minimum Gasteiger partial charge on any atom is -0.481 e. The van der Waals surface area contributed by atoms with Gasteiger partial charge < -0.3 is 20.4 Å². The number of ether oxygens (including phenoxy) is 1. The molecule has 1 aliphatic heterocycles. The van der Waals surface area contributed by atoms with E-state index in [4.69, 9.17) is 10.5 Å². The van der Waals surface area contributed by atoms with Crippen LogP contribution in [0.5, 0.6) is 5.75 Å². The van der Waals surface area contributed by atoms with Gasteiger partial charge in [-0.25, -0.2) is 4.98 Å². The lowest BCUT2D eigenvalue weighted by molar-refractivity contribution is 0.282. The number of nitrogens with one attached hydrogen (secondary N) is 1. The number of hydrogen-bond donors (Lipinski definition) is 2. The summed E-state index contributed by atoms with van der Waals surface area (Å²) in [5, 5.41) is 3.31. The van der Waals surface area contributed by atoms with Gasteiger partial charge in [-0.15, -0.1) is 0 Å². The predicted octanol–water partition coefficient (Wildman–Crippen LogP) is 2.15. The normalized spacial score (nSPS) is 18.9. The average Bonchev–Trinajstić information content (AvgIpc) is 2.97. The third-order valence-electron chi connectivity index (χ3n) is 3.37. The van der Waals surface area contributed by atoms with Gasteiger partial charge in [-0.05, 0) is 31.5 Å². The first kappa shape index (κ1) is 13.5. The van der Waals surface area contributed by atoms with Crippen molar-refractivity contribution >= 4 is 17.2 Å². The van der Waals surface area contributed by atoms with Gasteiger partial charge >= 0.3 is 0 Å². The number of nitrogen functional groups attached to an aromatic ring is 1. The molecule has 1 unspecified atom stereocenters. The molecule has 2 heterocycles. The van der Waals surface area contributed by atoms with Crippen molar-refractivity contribution in [1.82, 2.24) is 9.55 Å². The number of aryl methyl sites for hydroxylation is 1. The summed E-state index contributed by atoms with van der Waals surface area (Å²) < 4.78 is 7.88. The molecule has 1 atom stereocenters. The Morgan fingerprint density at radius 2 is 2.38 bits per heavy atom. The lowest BCUT2D eigenvalue weighted by Gasteiger charge is -2.26. The van der Waals surface area contributed by atoms with Crippen LogP contribution in [0.1, 0.15) is 13.3 Å². The Kier molecular flexibility index (Phi) is 3.77. The summed E-state index contributed by atoms with van der Waals surface area (Å²) in [5.41, 5.74) is 7.38. The number of amidine groups is 1. The van der Waals surface area contributed by atoms with E-state index < -0.39 is 0 Å². The molecule has 0 saturated heterocycles. The second-order valence-corrected chi connectivity index (χ2v) is 5.06. The number of imidazole rings is 1. The molecular formula is C15H19N5O. The van der Waals surface area contributed by atoms with Gasteiger partial charge in [-0.1, -0.05) is 0 Å². The molecule has 3 N–H and O–H groups in total. The minimum atomic E-state index is -0.0747. The van der Waals surface area contributed by atoms with E-state index in [2.05, 4.69) is 15.3 Å². The second kappa shape index (κ2) is 5.87. The highest BCUT2D eigenvalue weighted by Gasteiger charge is 2.21. The number of anilines is 2. The summed E-state index contributed by atoms with van der Waals surface area (Å²) in [6, 6.07) is 5.58. The smallest absolute Gasteiger partial charge is 0.153 e. The molecule has 2 aromatic rings. The van der Waals surface area contributed by atoms with Crippen LogP contribution in [-0.4, -0.2) is 28.0 Å². The van der Waals surface area contributed by atoms with Gasteiger partial charge in [-0.2, -0.15) is 0 Å². The quantitative estimate of drug-likeness (QED) is 0.666. The zero-order valence-corrected chi connectivity index (χ0v) is 12.0. The molecule has 110 valence electrons. The zero-order valence-electron chi connectivity index (χ0n) is 12.0. The van der Waals surface area contributed by atoms with Crippen LogP contribution >= 0.6 is 0 Å². The number of fused-ring (bicyclic) bond motifs is 1. The largest absolute Gasteiger partial charge is 0.481 e. The Bertz CT molecular complexity index is 636. The van der Waals surface area contributed by atoms with Crippen LogP contribution in [0.4, 0.5) is 11.4 Å². The van der Waals surface area contributed by atoms with Crippen LogP contribution in [0, 0.1) is 0 Å². The fourth-order valence-corrected chi connectivity index (χ4v) is 2.27. The van der Waals surface area contributed by atoms with E-state index in [1.807, 2.05) is 42.2 Å². The number of nitrogens with two attached hydrogens (primary N) is 1. The first-order valence-corrected chi connectivity index (χ1v) is 7.05. The molecule has 6 nitrogen and oxygen atoms in total. The van der Waals surface area contributed by atoms with Crippen LogP contribution in [0.15, 0.2) is 41.9 Å². The first-order valence-electron chi connectivity index (χ1n) is 7.05. The molecule has 0 radical (unpaired) electrons. The minimum absolute atomic E-state index is 0.0747. The molecule has 0 spiro atoms. The van der Waals surface area contributed by atoms with Crippen LogP contribution in [0.3, 0.4) is 0 Å². The van der Waals surface area contributed by atoms with E-state index in [0.717, 1.165) is 36.8 Å². The van der Waals surface area contributed by atoms with Crippen LogP contribution in [-0.2, 0) is 6.54 Å². The van der Waals surface area contributed by atoms with Crippen LogP contribution in [0.25, 0.3) is 0 Å². The SMILES string of the molecule is CC1Oc2ccc(N)cc2NC1=NCCCn1ccnc1. The van der Waals surface area contributed by atoms with Crippen molar-refractivity contribution in [3.8, 4) is 5.75 Å². The van der Waals surface area contributed by atoms with E-state index in [-0.39, 0.29) is 6.10 Å². The standard InChI is InChI=1S/C15H19N5O/c1-11-15(18-5-2-7-20-8-6-17-10-20)19-13-9-12(16)3-4-14(13)21-11/h3-4,6,8-11H,2,5,7,16H2,1H3,(H,18,19). The summed E-state index contributed by atoms with van der Waals surface area (Å²) in [4.78, 5) is 8.62. The van der Waals surface area contributed by atoms with Crippen LogP contribution in [0.2, 0.25) is 0 Å². The summed E-state index contributed by atoms with van der Waals surface area (Å²) in [7, 11) is 0. The van der Waals surface area contributed by atoms with E-state index in [0.29, 0.717) is 5.69 Å². The maximum atomic E-state index is 5.84. The molecule has 3 rings (SSSR count). The lowest BCUT2D eigenvalue weighted by atomic mass is 10.2. The van der Waals surface area contributed by atoms with Gasteiger partial charge in [0.25, 0.3) is 0 Å². The van der Waals surface area contributed by atoms with E-state index in [9.17, 15) is 0 Å². The van der Waals surface area contributed by atoms with Gasteiger partial charge in [0.05, 0.1) is 12.0 Å². The van der Waals surface area contributed by atoms with Crippen molar-refractivity contribution in [3.63, 3.8) is 0 Å². The average molecular weight is 285 g/mol. The topological polar surface area (TPSA) is 77.5 Å². The molecule has 21 heavy (non-hydrogen) atoms. The highest BCUT2D eigenvalue weighted by Crippen LogP contribution is 2.31. The van der Waals surface area contributed by atoms with Crippen molar-refractivity contribution < 1.29 is 4.74 Å². The molecule has 1 aliphatic rings. The molecule has 6 heteroatoms. The molecule has 0 amide bonds. The van der Waals surface area contributed by atoms with Crippen molar-refractivity contribution in [2.24, 2.45) is 4.99 Å². The Morgan fingerprint density at radius 1 is 1.48 bits per heavy atom. The molecule has 1 aromatic heterocycles.